The van der Waals surface area contributed by atoms with Gasteiger partial charge in [0.25, 0.3) is 0 Å². The van der Waals surface area contributed by atoms with Crippen LogP contribution in [-0.2, 0) is 0 Å². The summed E-state index contributed by atoms with van der Waals surface area (Å²) >= 11 is 0. The maximum absolute atomic E-state index is 9.62. The number of benzene rings is 1. The van der Waals surface area contributed by atoms with Gasteiger partial charge in [-0.15, -0.1) is 0 Å². The molecule has 1 N–H and O–H groups in total. The van der Waals surface area contributed by atoms with E-state index in [0.29, 0.717) is 5.92 Å². The van der Waals surface area contributed by atoms with E-state index in [1.54, 1.807) is 0 Å². The number of nitrogens with zero attached hydrogens (tertiary/aromatic N) is 2. The van der Waals surface area contributed by atoms with Gasteiger partial charge in [0.1, 0.15) is 6.07 Å². The van der Waals surface area contributed by atoms with E-state index >= 15 is 0 Å². The fourth-order valence-corrected chi connectivity index (χ4v) is 2.55. The number of aliphatic hydroxyl groups is 1. The van der Waals surface area contributed by atoms with Gasteiger partial charge in [-0.2, -0.15) is 5.26 Å². The smallest absolute Gasteiger partial charge is 0.101 e. The number of hydrogen-bond acceptors (Lipinski definition) is 3. The van der Waals surface area contributed by atoms with Crippen molar-refractivity contribution in [2.24, 2.45) is 5.92 Å². The molecule has 0 aromatic heterocycles. The lowest BCUT2D eigenvalue weighted by Crippen LogP contribution is -2.25. The van der Waals surface area contributed by atoms with Crippen LogP contribution in [-0.4, -0.2) is 24.3 Å². The molecule has 1 aliphatic heterocycles. The first-order valence-corrected chi connectivity index (χ1v) is 6.06. The van der Waals surface area contributed by atoms with E-state index in [-0.39, 0.29) is 6.10 Å². The van der Waals surface area contributed by atoms with E-state index in [1.165, 1.54) is 0 Å². The molecule has 0 spiro atoms. The summed E-state index contributed by atoms with van der Waals surface area (Å²) in [4.78, 5) is 2.23. The largest absolute Gasteiger partial charge is 0.393 e. The quantitative estimate of drug-likeness (QED) is 0.846. The van der Waals surface area contributed by atoms with Crippen molar-refractivity contribution < 1.29 is 5.11 Å². The number of rotatable bonds is 2. The summed E-state index contributed by atoms with van der Waals surface area (Å²) in [6.45, 7) is 5.65. The van der Waals surface area contributed by atoms with Crippen molar-refractivity contribution in [1.82, 2.24) is 0 Å². The summed E-state index contributed by atoms with van der Waals surface area (Å²) in [5.41, 5.74) is 2.91. The van der Waals surface area contributed by atoms with Crippen molar-refractivity contribution >= 4 is 5.69 Å². The lowest BCUT2D eigenvalue weighted by Gasteiger charge is -2.22. The maximum atomic E-state index is 9.62. The summed E-state index contributed by atoms with van der Waals surface area (Å²) in [5.74, 6) is 0.321. The predicted octanol–water partition coefficient (Wildman–Crippen LogP) is 2.07. The molecular formula is C14H18N2O. The third-order valence-corrected chi connectivity index (χ3v) is 3.58. The number of aliphatic hydroxyl groups excluding tert-OH is 1. The van der Waals surface area contributed by atoms with Crippen molar-refractivity contribution in [2.45, 2.75) is 26.4 Å². The second-order valence-electron chi connectivity index (χ2n) is 4.82. The Hall–Kier alpha value is -1.53. The third-order valence-electron chi connectivity index (χ3n) is 3.58. The minimum atomic E-state index is -0.269. The van der Waals surface area contributed by atoms with Crippen LogP contribution in [0, 0.1) is 24.2 Å². The van der Waals surface area contributed by atoms with Crippen molar-refractivity contribution in [2.75, 3.05) is 18.0 Å². The molecule has 1 aromatic rings. The molecule has 1 fully saturated rings. The molecular weight excluding hydrogens is 212 g/mol. The van der Waals surface area contributed by atoms with Crippen LogP contribution in [0.15, 0.2) is 18.2 Å². The topological polar surface area (TPSA) is 47.3 Å². The Balaban J connectivity index is 2.28. The van der Waals surface area contributed by atoms with Gasteiger partial charge in [0.15, 0.2) is 0 Å². The molecule has 90 valence electrons. The van der Waals surface area contributed by atoms with Gasteiger partial charge in [-0.3, -0.25) is 0 Å². The zero-order valence-electron chi connectivity index (χ0n) is 10.3. The SMILES string of the molecule is Cc1cccc(C#N)c1N1CCC(C(C)O)C1. The van der Waals surface area contributed by atoms with Crippen molar-refractivity contribution in [3.8, 4) is 6.07 Å². The van der Waals surface area contributed by atoms with Crippen LogP contribution in [0.5, 0.6) is 0 Å². The second-order valence-corrected chi connectivity index (χ2v) is 4.82. The van der Waals surface area contributed by atoms with Gasteiger partial charge in [-0.05, 0) is 31.9 Å². The van der Waals surface area contributed by atoms with Crippen LogP contribution in [0.2, 0.25) is 0 Å². The molecule has 17 heavy (non-hydrogen) atoms. The predicted molar refractivity (Wildman–Crippen MR) is 67.9 cm³/mol. The van der Waals surface area contributed by atoms with Crippen molar-refractivity contribution in [3.05, 3.63) is 29.3 Å². The number of nitriles is 1. The fraction of sp³-hybridized carbons (Fsp3) is 0.500. The van der Waals surface area contributed by atoms with E-state index in [2.05, 4.69) is 11.0 Å². The fourth-order valence-electron chi connectivity index (χ4n) is 2.55. The molecule has 0 bridgehead atoms. The Bertz CT molecular complexity index is 448. The molecule has 1 aromatic carbocycles. The number of hydrogen-bond donors (Lipinski definition) is 1. The summed E-state index contributed by atoms with van der Waals surface area (Å²) in [6.07, 6.45) is 0.728. The molecule has 1 saturated heterocycles. The molecule has 1 heterocycles. The minimum Gasteiger partial charge on any atom is -0.393 e. The maximum Gasteiger partial charge on any atom is 0.101 e. The molecule has 0 aliphatic carbocycles. The zero-order chi connectivity index (χ0) is 12.4. The highest BCUT2D eigenvalue weighted by atomic mass is 16.3. The molecule has 2 unspecified atom stereocenters. The van der Waals surface area contributed by atoms with Gasteiger partial charge in [0.2, 0.25) is 0 Å². The Morgan fingerprint density at radius 3 is 2.88 bits per heavy atom. The lowest BCUT2D eigenvalue weighted by molar-refractivity contribution is 0.136. The first-order chi connectivity index (χ1) is 8.13. The highest BCUT2D eigenvalue weighted by Crippen LogP contribution is 2.30. The van der Waals surface area contributed by atoms with Crippen LogP contribution in [0.25, 0.3) is 0 Å². The van der Waals surface area contributed by atoms with Gasteiger partial charge in [-0.25, -0.2) is 0 Å². The van der Waals surface area contributed by atoms with Gasteiger partial charge in [0.05, 0.1) is 17.4 Å². The van der Waals surface area contributed by atoms with Crippen LogP contribution < -0.4 is 4.90 Å². The van der Waals surface area contributed by atoms with Gasteiger partial charge in [0, 0.05) is 19.0 Å². The highest BCUT2D eigenvalue weighted by Gasteiger charge is 2.27. The normalized spacial score (nSPS) is 21.3. The summed E-state index contributed by atoms with van der Waals surface area (Å²) < 4.78 is 0. The lowest BCUT2D eigenvalue weighted by atomic mass is 10.0. The Morgan fingerprint density at radius 2 is 2.29 bits per heavy atom. The molecule has 0 amide bonds. The molecule has 0 saturated carbocycles. The Labute approximate surface area is 102 Å². The summed E-state index contributed by atoms with van der Waals surface area (Å²) in [7, 11) is 0. The first kappa shape index (κ1) is 11.9. The zero-order valence-corrected chi connectivity index (χ0v) is 10.3. The summed E-state index contributed by atoms with van der Waals surface area (Å²) in [6, 6.07) is 8.06. The average molecular weight is 230 g/mol. The highest BCUT2D eigenvalue weighted by molar-refractivity contribution is 5.64. The Kier molecular flexibility index (Phi) is 3.35. The molecule has 2 atom stereocenters. The van der Waals surface area contributed by atoms with Gasteiger partial charge < -0.3 is 10.0 Å². The van der Waals surface area contributed by atoms with Crippen LogP contribution in [0.1, 0.15) is 24.5 Å². The monoisotopic (exact) mass is 230 g/mol. The van der Waals surface area contributed by atoms with Crippen LogP contribution in [0.4, 0.5) is 5.69 Å². The Morgan fingerprint density at radius 1 is 1.53 bits per heavy atom. The molecule has 1 aliphatic rings. The van der Waals surface area contributed by atoms with Crippen molar-refractivity contribution in [3.63, 3.8) is 0 Å². The van der Waals surface area contributed by atoms with Gasteiger partial charge in [-0.1, -0.05) is 12.1 Å². The summed E-state index contributed by atoms with van der Waals surface area (Å²) in [5, 5.41) is 18.8. The number of aryl methyl sites for hydroxylation is 1. The second kappa shape index (κ2) is 4.77. The number of para-hydroxylation sites is 1. The molecule has 0 radical (unpaired) electrons. The van der Waals surface area contributed by atoms with Gasteiger partial charge >= 0.3 is 0 Å². The van der Waals surface area contributed by atoms with Crippen LogP contribution >= 0.6 is 0 Å². The molecule has 3 nitrogen and oxygen atoms in total. The molecule has 2 rings (SSSR count). The van der Waals surface area contributed by atoms with E-state index in [9.17, 15) is 5.11 Å². The van der Waals surface area contributed by atoms with Crippen LogP contribution in [0.3, 0.4) is 0 Å². The third kappa shape index (κ3) is 2.27. The van der Waals surface area contributed by atoms with E-state index < -0.39 is 0 Å². The van der Waals surface area contributed by atoms with E-state index in [4.69, 9.17) is 5.26 Å². The van der Waals surface area contributed by atoms with E-state index in [0.717, 1.165) is 36.3 Å². The standard InChI is InChI=1S/C14H18N2O/c1-10-4-3-5-12(8-15)14(10)16-7-6-13(9-16)11(2)17/h3-5,11,13,17H,6-7,9H2,1-2H3. The first-order valence-electron chi connectivity index (χ1n) is 6.06. The minimum absolute atomic E-state index is 0.269. The molecule has 3 heteroatoms. The number of anilines is 1. The van der Waals surface area contributed by atoms with Crippen molar-refractivity contribution in [1.29, 1.82) is 5.26 Å². The average Bonchev–Trinajstić information content (AvgIpc) is 2.77. The van der Waals surface area contributed by atoms with E-state index in [1.807, 2.05) is 32.0 Å².